The van der Waals surface area contributed by atoms with E-state index in [9.17, 15) is 4.79 Å². The van der Waals surface area contributed by atoms with E-state index in [2.05, 4.69) is 10.2 Å². The molecular weight excluding hydrogens is 398 g/mol. The summed E-state index contributed by atoms with van der Waals surface area (Å²) >= 11 is 6.11. The second-order valence-corrected chi connectivity index (χ2v) is 8.33. The summed E-state index contributed by atoms with van der Waals surface area (Å²) in [5.41, 5.74) is 4.77. The first-order valence-corrected chi connectivity index (χ1v) is 10.4. The molecule has 152 valence electrons. The molecule has 2 heterocycles. The van der Waals surface area contributed by atoms with E-state index in [1.54, 1.807) is 0 Å². The van der Waals surface area contributed by atoms with Crippen molar-refractivity contribution in [3.8, 4) is 11.4 Å². The molecule has 1 aliphatic heterocycles. The number of Topliss-reactive ketones (excluding diaryl/α,β-unsaturated/α-hetero) is 1. The van der Waals surface area contributed by atoms with Gasteiger partial charge in [0.1, 0.15) is 6.04 Å². The Kier molecular flexibility index (Phi) is 4.59. The van der Waals surface area contributed by atoms with Gasteiger partial charge in [-0.15, -0.1) is 5.10 Å². The van der Waals surface area contributed by atoms with Gasteiger partial charge in [-0.25, -0.2) is 4.68 Å². The van der Waals surface area contributed by atoms with Crippen molar-refractivity contribution in [3.05, 3.63) is 70.4 Å². The largest absolute Gasteiger partial charge is 0.378 e. The molecule has 0 radical (unpaired) electrons. The summed E-state index contributed by atoms with van der Waals surface area (Å²) in [6.07, 6.45) is 2.25. The molecule has 2 aromatic carbocycles. The second kappa shape index (κ2) is 7.29. The van der Waals surface area contributed by atoms with Crippen LogP contribution in [0.5, 0.6) is 0 Å². The fourth-order valence-corrected chi connectivity index (χ4v) is 4.27. The molecule has 0 fully saturated rings. The van der Waals surface area contributed by atoms with E-state index in [1.807, 2.05) is 67.3 Å². The fourth-order valence-electron chi connectivity index (χ4n) is 4.14. The third-order valence-corrected chi connectivity index (χ3v) is 5.95. The van der Waals surface area contributed by atoms with Crippen LogP contribution in [0.25, 0.3) is 11.4 Å². The maximum atomic E-state index is 12.9. The number of anilines is 2. The van der Waals surface area contributed by atoms with E-state index in [-0.39, 0.29) is 11.8 Å². The summed E-state index contributed by atoms with van der Waals surface area (Å²) < 4.78 is 1.83. The molecule has 30 heavy (non-hydrogen) atoms. The summed E-state index contributed by atoms with van der Waals surface area (Å²) in [7, 11) is 4.02. The van der Waals surface area contributed by atoms with Crippen LogP contribution in [0.3, 0.4) is 0 Å². The first kappa shape index (κ1) is 18.9. The van der Waals surface area contributed by atoms with Crippen LogP contribution >= 0.6 is 11.6 Å². The van der Waals surface area contributed by atoms with Gasteiger partial charge in [-0.1, -0.05) is 23.7 Å². The van der Waals surface area contributed by atoms with E-state index >= 15 is 0 Å². The number of benzene rings is 2. The highest BCUT2D eigenvalue weighted by Crippen LogP contribution is 2.40. The van der Waals surface area contributed by atoms with Crippen molar-refractivity contribution < 1.29 is 4.79 Å². The van der Waals surface area contributed by atoms with Crippen molar-refractivity contribution in [2.24, 2.45) is 0 Å². The van der Waals surface area contributed by atoms with Crippen molar-refractivity contribution in [1.29, 1.82) is 0 Å². The lowest BCUT2D eigenvalue weighted by molar-refractivity contribution is -0.116. The Labute approximate surface area is 180 Å². The van der Waals surface area contributed by atoms with Crippen LogP contribution in [0.2, 0.25) is 5.02 Å². The number of rotatable bonds is 3. The zero-order chi connectivity index (χ0) is 20.8. The van der Waals surface area contributed by atoms with Gasteiger partial charge in [0.25, 0.3) is 0 Å². The van der Waals surface area contributed by atoms with E-state index in [4.69, 9.17) is 21.7 Å². The monoisotopic (exact) mass is 419 g/mol. The molecule has 3 aromatic rings. The highest BCUT2D eigenvalue weighted by atomic mass is 35.5. The molecule has 0 spiro atoms. The Morgan fingerprint density at radius 3 is 2.50 bits per heavy atom. The Morgan fingerprint density at radius 1 is 1.07 bits per heavy atom. The predicted octanol–water partition coefficient (Wildman–Crippen LogP) is 4.69. The minimum absolute atomic E-state index is 0.168. The zero-order valence-corrected chi connectivity index (χ0v) is 17.6. The minimum atomic E-state index is -0.302. The second-order valence-electron chi connectivity index (χ2n) is 7.89. The molecule has 0 saturated heterocycles. The highest BCUT2D eigenvalue weighted by molar-refractivity contribution is 6.30. The van der Waals surface area contributed by atoms with Crippen molar-refractivity contribution in [1.82, 2.24) is 14.8 Å². The van der Waals surface area contributed by atoms with Crippen molar-refractivity contribution in [3.63, 3.8) is 0 Å². The SMILES string of the molecule is CN(C)c1ccc(-c2nc3n(n2)C(c2ccc(Cl)cc2)C2=C(CCCC2=O)N3)cc1. The van der Waals surface area contributed by atoms with Crippen LogP contribution in [-0.4, -0.2) is 34.6 Å². The lowest BCUT2D eigenvalue weighted by Crippen LogP contribution is -2.31. The Morgan fingerprint density at radius 2 is 1.80 bits per heavy atom. The fraction of sp³-hybridized carbons (Fsp3) is 0.261. The molecule has 0 saturated carbocycles. The number of allylic oxidation sites excluding steroid dienone is 2. The topological polar surface area (TPSA) is 63.1 Å². The molecule has 1 aliphatic carbocycles. The lowest BCUT2D eigenvalue weighted by Gasteiger charge is -2.32. The summed E-state index contributed by atoms with van der Waals surface area (Å²) in [4.78, 5) is 19.7. The molecule has 0 amide bonds. The minimum Gasteiger partial charge on any atom is -0.378 e. The number of hydrogen-bond acceptors (Lipinski definition) is 5. The van der Waals surface area contributed by atoms with Crippen LogP contribution in [0.15, 0.2) is 59.8 Å². The van der Waals surface area contributed by atoms with Gasteiger partial charge in [0.2, 0.25) is 5.95 Å². The Bertz CT molecular complexity index is 1150. The predicted molar refractivity (Wildman–Crippen MR) is 119 cm³/mol. The average molecular weight is 420 g/mol. The number of ketones is 1. The molecule has 1 atom stereocenters. The summed E-state index contributed by atoms with van der Waals surface area (Å²) in [6.45, 7) is 0. The van der Waals surface area contributed by atoms with Crippen LogP contribution in [0.1, 0.15) is 30.9 Å². The average Bonchev–Trinajstić information content (AvgIpc) is 3.17. The Balaban J connectivity index is 1.61. The molecule has 5 rings (SSSR count). The van der Waals surface area contributed by atoms with Crippen molar-refractivity contribution >= 4 is 29.0 Å². The highest BCUT2D eigenvalue weighted by Gasteiger charge is 2.36. The number of nitrogens with zero attached hydrogens (tertiary/aromatic N) is 4. The standard InChI is InChI=1S/C23H22ClN5O/c1-28(2)17-12-8-15(9-13-17)22-26-23-25-18-4-3-5-19(30)20(18)21(29(23)27-22)14-6-10-16(24)11-7-14/h6-13,21H,3-5H2,1-2H3,(H,25,26,27). The number of carbonyl (C=O) groups excluding carboxylic acids is 1. The van der Waals surface area contributed by atoms with Crippen molar-refractivity contribution in [2.75, 3.05) is 24.3 Å². The van der Waals surface area contributed by atoms with Gasteiger partial charge >= 0.3 is 0 Å². The molecule has 6 nitrogen and oxygen atoms in total. The third kappa shape index (κ3) is 3.17. The first-order valence-electron chi connectivity index (χ1n) is 10.0. The lowest BCUT2D eigenvalue weighted by atomic mass is 9.85. The van der Waals surface area contributed by atoms with E-state index < -0.39 is 0 Å². The molecule has 1 unspecified atom stereocenters. The zero-order valence-electron chi connectivity index (χ0n) is 16.9. The van der Waals surface area contributed by atoms with Crippen LogP contribution < -0.4 is 10.2 Å². The number of halogens is 1. The van der Waals surface area contributed by atoms with Gasteiger partial charge in [-0.2, -0.15) is 4.98 Å². The van der Waals surface area contributed by atoms with Gasteiger partial charge in [0, 0.05) is 48.1 Å². The smallest absolute Gasteiger partial charge is 0.226 e. The number of nitrogens with one attached hydrogen (secondary N) is 1. The summed E-state index contributed by atoms with van der Waals surface area (Å²) in [6, 6.07) is 15.5. The number of fused-ring (bicyclic) bond motifs is 1. The van der Waals surface area contributed by atoms with Crippen molar-refractivity contribution in [2.45, 2.75) is 25.3 Å². The van der Waals surface area contributed by atoms with Crippen LogP contribution in [-0.2, 0) is 4.79 Å². The normalized spacial score (nSPS) is 18.0. The molecule has 2 aliphatic rings. The van der Waals surface area contributed by atoms with Crippen LogP contribution in [0, 0.1) is 0 Å². The first-order chi connectivity index (χ1) is 14.5. The van der Waals surface area contributed by atoms with Gasteiger partial charge < -0.3 is 10.2 Å². The van der Waals surface area contributed by atoms with E-state index in [0.29, 0.717) is 23.2 Å². The Hall–Kier alpha value is -3.12. The van der Waals surface area contributed by atoms with Crippen LogP contribution in [0.4, 0.5) is 11.6 Å². The van der Waals surface area contributed by atoms with Gasteiger partial charge in [-0.3, -0.25) is 4.79 Å². The molecule has 1 aromatic heterocycles. The molecule has 1 N–H and O–H groups in total. The number of aromatic nitrogens is 3. The molecule has 0 bridgehead atoms. The maximum Gasteiger partial charge on any atom is 0.226 e. The number of carbonyl (C=O) groups is 1. The molecule has 7 heteroatoms. The van der Waals surface area contributed by atoms with Gasteiger partial charge in [0.05, 0.1) is 0 Å². The van der Waals surface area contributed by atoms with Gasteiger partial charge in [-0.05, 0) is 54.8 Å². The quantitative estimate of drug-likeness (QED) is 0.667. The summed E-state index contributed by atoms with van der Waals surface area (Å²) in [5, 5.41) is 8.85. The summed E-state index contributed by atoms with van der Waals surface area (Å²) in [5.74, 6) is 1.46. The molecular formula is C23H22ClN5O. The van der Waals surface area contributed by atoms with E-state index in [0.717, 1.165) is 40.9 Å². The number of hydrogen-bond donors (Lipinski definition) is 1. The third-order valence-electron chi connectivity index (χ3n) is 5.70. The van der Waals surface area contributed by atoms with E-state index in [1.165, 1.54) is 0 Å². The van der Waals surface area contributed by atoms with Gasteiger partial charge in [0.15, 0.2) is 11.6 Å². The maximum absolute atomic E-state index is 12.9.